The van der Waals surface area contributed by atoms with Crippen LogP contribution in [0.25, 0.3) is 0 Å². The van der Waals surface area contributed by atoms with Crippen LogP contribution in [0, 0.1) is 5.92 Å². The van der Waals surface area contributed by atoms with Gasteiger partial charge in [-0.1, -0.05) is 20.8 Å². The molecule has 96 valence electrons. The molecule has 0 bridgehead atoms. The van der Waals surface area contributed by atoms with E-state index < -0.39 is 0 Å². The molecule has 1 rings (SSSR count). The van der Waals surface area contributed by atoms with E-state index in [0.717, 1.165) is 18.7 Å². The van der Waals surface area contributed by atoms with Gasteiger partial charge in [0.05, 0.1) is 6.54 Å². The van der Waals surface area contributed by atoms with Crippen molar-refractivity contribution >= 4 is 22.6 Å². The fourth-order valence-corrected chi connectivity index (χ4v) is 1.79. The summed E-state index contributed by atoms with van der Waals surface area (Å²) in [5, 5.41) is 6.54. The molecule has 0 aliphatic heterocycles. The number of hydrogen-bond donors (Lipinski definition) is 2. The predicted octanol–water partition coefficient (Wildman–Crippen LogP) is 1.67. The summed E-state index contributed by atoms with van der Waals surface area (Å²) in [5.74, 6) is 1.31. The van der Waals surface area contributed by atoms with E-state index in [2.05, 4.69) is 40.8 Å². The van der Waals surface area contributed by atoms with E-state index in [9.17, 15) is 4.79 Å². The molecule has 0 atom stereocenters. The number of nitrogens with zero attached hydrogens (tertiary/aromatic N) is 2. The maximum absolute atomic E-state index is 11.4. The largest absolute Gasteiger partial charge is 0.354 e. The Morgan fingerprint density at radius 2 is 2.24 bits per heavy atom. The minimum Gasteiger partial charge on any atom is -0.354 e. The number of carbonyl (C=O) groups is 1. The van der Waals surface area contributed by atoms with Crippen LogP contribution in [-0.2, 0) is 11.2 Å². The molecule has 1 amide bonds. The van der Waals surface area contributed by atoms with Gasteiger partial charge in [-0.3, -0.25) is 4.79 Å². The molecule has 5 nitrogen and oxygen atoms in total. The average Bonchev–Trinajstić information content (AvgIpc) is 2.72. The van der Waals surface area contributed by atoms with Crippen LogP contribution in [0.5, 0.6) is 0 Å². The monoisotopic (exact) mass is 256 g/mol. The zero-order valence-corrected chi connectivity index (χ0v) is 11.4. The highest BCUT2D eigenvalue weighted by Gasteiger charge is 2.05. The molecule has 1 aromatic rings. The lowest BCUT2D eigenvalue weighted by molar-refractivity contribution is -0.119. The Balaban J connectivity index is 2.26. The predicted molar refractivity (Wildman–Crippen MR) is 70.2 cm³/mol. The third-order valence-electron chi connectivity index (χ3n) is 2.05. The van der Waals surface area contributed by atoms with Gasteiger partial charge in [-0.15, -0.1) is 0 Å². The Morgan fingerprint density at radius 1 is 1.47 bits per heavy atom. The summed E-state index contributed by atoms with van der Waals surface area (Å²) in [5.41, 5.74) is 0. The molecule has 0 saturated carbocycles. The molecule has 0 unspecified atom stereocenters. The lowest BCUT2D eigenvalue weighted by atomic mass is 10.2. The minimum absolute atomic E-state index is 0.00839. The Bertz CT molecular complexity index is 351. The van der Waals surface area contributed by atoms with Gasteiger partial charge in [0.15, 0.2) is 0 Å². The highest BCUT2D eigenvalue weighted by Crippen LogP contribution is 2.11. The third kappa shape index (κ3) is 5.63. The molecular formula is C11H20N4OS. The van der Waals surface area contributed by atoms with Gasteiger partial charge in [0.2, 0.25) is 11.0 Å². The molecule has 0 saturated heterocycles. The maximum Gasteiger partial charge on any atom is 0.239 e. The van der Waals surface area contributed by atoms with E-state index in [1.54, 1.807) is 0 Å². The van der Waals surface area contributed by atoms with Crippen molar-refractivity contribution in [2.24, 2.45) is 5.92 Å². The van der Waals surface area contributed by atoms with Crippen LogP contribution in [0.2, 0.25) is 0 Å². The number of rotatable bonds is 7. The van der Waals surface area contributed by atoms with Crippen molar-refractivity contribution in [2.75, 3.05) is 18.4 Å². The van der Waals surface area contributed by atoms with Crippen LogP contribution < -0.4 is 10.6 Å². The molecule has 0 spiro atoms. The van der Waals surface area contributed by atoms with Crippen LogP contribution in [0.15, 0.2) is 0 Å². The number of aromatic nitrogens is 2. The van der Waals surface area contributed by atoms with Crippen LogP contribution in [0.1, 0.15) is 33.0 Å². The van der Waals surface area contributed by atoms with Crippen molar-refractivity contribution < 1.29 is 4.79 Å². The first-order valence-electron chi connectivity index (χ1n) is 5.95. The van der Waals surface area contributed by atoms with Crippen molar-refractivity contribution in [1.29, 1.82) is 0 Å². The summed E-state index contributed by atoms with van der Waals surface area (Å²) < 4.78 is 4.19. The van der Waals surface area contributed by atoms with E-state index >= 15 is 0 Å². The van der Waals surface area contributed by atoms with E-state index in [0.29, 0.717) is 17.6 Å². The Kier molecular flexibility index (Phi) is 5.90. The summed E-state index contributed by atoms with van der Waals surface area (Å²) >= 11 is 1.30. The van der Waals surface area contributed by atoms with Crippen molar-refractivity contribution in [3.05, 3.63) is 5.82 Å². The van der Waals surface area contributed by atoms with Crippen LogP contribution in [0.3, 0.4) is 0 Å². The van der Waals surface area contributed by atoms with Crippen molar-refractivity contribution in [1.82, 2.24) is 14.7 Å². The second-order valence-electron chi connectivity index (χ2n) is 4.32. The fourth-order valence-electron chi connectivity index (χ4n) is 1.19. The second kappa shape index (κ2) is 7.21. The van der Waals surface area contributed by atoms with E-state index in [1.807, 2.05) is 0 Å². The topological polar surface area (TPSA) is 66.9 Å². The first-order chi connectivity index (χ1) is 8.11. The summed E-state index contributed by atoms with van der Waals surface area (Å²) in [6.07, 6.45) is 1.92. The lowest BCUT2D eigenvalue weighted by Gasteiger charge is -2.07. The van der Waals surface area contributed by atoms with Crippen LogP contribution in [0.4, 0.5) is 5.13 Å². The summed E-state index contributed by atoms with van der Waals surface area (Å²) in [6.45, 7) is 7.18. The SMILES string of the molecule is CCCc1nsc(NCC(=O)NCC(C)C)n1. The van der Waals surface area contributed by atoms with Crippen molar-refractivity contribution in [2.45, 2.75) is 33.6 Å². The zero-order chi connectivity index (χ0) is 12.7. The molecular weight excluding hydrogens is 236 g/mol. The number of nitrogens with one attached hydrogen (secondary N) is 2. The van der Waals surface area contributed by atoms with Crippen molar-refractivity contribution in [3.63, 3.8) is 0 Å². The van der Waals surface area contributed by atoms with Crippen LogP contribution in [-0.4, -0.2) is 28.4 Å². The number of anilines is 1. The quantitative estimate of drug-likeness (QED) is 0.779. The van der Waals surface area contributed by atoms with Gasteiger partial charge in [-0.05, 0) is 12.3 Å². The standard InChI is InChI=1S/C11H20N4OS/c1-4-5-9-14-11(17-15-9)13-7-10(16)12-6-8(2)3/h8H,4-7H2,1-3H3,(H,12,16)(H,13,14,15). The Labute approximate surface area is 106 Å². The van der Waals surface area contributed by atoms with Gasteiger partial charge in [0, 0.05) is 24.5 Å². The Hall–Kier alpha value is -1.17. The number of hydrogen-bond acceptors (Lipinski definition) is 5. The smallest absolute Gasteiger partial charge is 0.239 e. The van der Waals surface area contributed by atoms with Crippen LogP contribution >= 0.6 is 11.5 Å². The number of amides is 1. The van der Waals surface area contributed by atoms with Gasteiger partial charge in [0.25, 0.3) is 0 Å². The highest BCUT2D eigenvalue weighted by molar-refractivity contribution is 7.09. The van der Waals surface area contributed by atoms with E-state index in [1.165, 1.54) is 11.5 Å². The summed E-state index contributed by atoms with van der Waals surface area (Å²) in [7, 11) is 0. The highest BCUT2D eigenvalue weighted by atomic mass is 32.1. The molecule has 0 aliphatic rings. The molecule has 0 fully saturated rings. The molecule has 1 heterocycles. The summed E-state index contributed by atoms with van der Waals surface area (Å²) in [4.78, 5) is 15.7. The first-order valence-corrected chi connectivity index (χ1v) is 6.72. The molecule has 17 heavy (non-hydrogen) atoms. The molecule has 0 aromatic carbocycles. The average molecular weight is 256 g/mol. The Morgan fingerprint density at radius 3 is 2.88 bits per heavy atom. The maximum atomic E-state index is 11.4. The third-order valence-corrected chi connectivity index (χ3v) is 2.76. The zero-order valence-electron chi connectivity index (χ0n) is 10.6. The van der Waals surface area contributed by atoms with E-state index in [4.69, 9.17) is 0 Å². The normalized spacial score (nSPS) is 10.6. The molecule has 0 aliphatic carbocycles. The molecule has 0 radical (unpaired) electrons. The molecule has 6 heteroatoms. The minimum atomic E-state index is -0.00839. The number of carbonyl (C=O) groups excluding carboxylic acids is 1. The van der Waals surface area contributed by atoms with Gasteiger partial charge < -0.3 is 10.6 Å². The first kappa shape index (κ1) is 13.9. The van der Waals surface area contributed by atoms with Gasteiger partial charge in [0.1, 0.15) is 5.82 Å². The van der Waals surface area contributed by atoms with E-state index in [-0.39, 0.29) is 12.5 Å². The van der Waals surface area contributed by atoms with Gasteiger partial charge in [-0.25, -0.2) is 4.98 Å². The molecule has 2 N–H and O–H groups in total. The van der Waals surface area contributed by atoms with Gasteiger partial charge >= 0.3 is 0 Å². The summed E-state index contributed by atoms with van der Waals surface area (Å²) in [6, 6.07) is 0. The van der Waals surface area contributed by atoms with Crippen molar-refractivity contribution in [3.8, 4) is 0 Å². The second-order valence-corrected chi connectivity index (χ2v) is 5.07. The number of aryl methyl sites for hydroxylation is 1. The fraction of sp³-hybridized carbons (Fsp3) is 0.727. The molecule has 1 aromatic heterocycles. The lowest BCUT2D eigenvalue weighted by Crippen LogP contribution is -2.32. The van der Waals surface area contributed by atoms with Gasteiger partial charge in [-0.2, -0.15) is 4.37 Å².